The Morgan fingerprint density at radius 1 is 1.04 bits per heavy atom. The molecule has 0 atom stereocenters. The van der Waals surface area contributed by atoms with E-state index in [0.717, 1.165) is 0 Å². The molecule has 0 heterocycles. The van der Waals surface area contributed by atoms with Crippen molar-refractivity contribution in [2.75, 3.05) is 6.61 Å². The van der Waals surface area contributed by atoms with Gasteiger partial charge in [0.15, 0.2) is 12.4 Å². The van der Waals surface area contributed by atoms with Crippen molar-refractivity contribution in [3.63, 3.8) is 0 Å². The van der Waals surface area contributed by atoms with Crippen LogP contribution in [-0.4, -0.2) is 24.3 Å². The fraction of sp³-hybridized carbons (Fsp3) is 0.105. The van der Waals surface area contributed by atoms with Gasteiger partial charge < -0.3 is 10.1 Å². The number of benzene rings is 2. The normalized spacial score (nSPS) is 10.9. The molecule has 1 N–H and O–H groups in total. The maximum Gasteiger partial charge on any atom is 0.355 e. The molecule has 0 radical (unpaired) electrons. The van der Waals surface area contributed by atoms with Crippen molar-refractivity contribution in [2.45, 2.75) is 6.92 Å². The summed E-state index contributed by atoms with van der Waals surface area (Å²) >= 11 is 5.77. The van der Waals surface area contributed by atoms with Crippen molar-refractivity contribution in [1.82, 2.24) is 5.32 Å². The number of Topliss-reactive ketones (excluding diaryl/α,β-unsaturated/α-hetero) is 1. The van der Waals surface area contributed by atoms with E-state index in [1.54, 1.807) is 48.5 Å². The monoisotopic (exact) mass is 357 g/mol. The number of nitrogens with one attached hydrogen (secondary N) is 1. The number of carbonyl (C=O) groups is 3. The van der Waals surface area contributed by atoms with Gasteiger partial charge in [-0.15, -0.1) is 0 Å². The summed E-state index contributed by atoms with van der Waals surface area (Å²) in [5.41, 5.74) is 1.06. The van der Waals surface area contributed by atoms with Gasteiger partial charge in [-0.3, -0.25) is 9.59 Å². The molecule has 1 amide bonds. The van der Waals surface area contributed by atoms with Crippen LogP contribution >= 0.6 is 11.6 Å². The zero-order chi connectivity index (χ0) is 18.2. The van der Waals surface area contributed by atoms with Gasteiger partial charge in [-0.1, -0.05) is 41.9 Å². The number of carbonyl (C=O) groups excluding carboxylic acids is 3. The molecule has 5 nitrogen and oxygen atoms in total. The smallest absolute Gasteiger partial charge is 0.355 e. The molecule has 0 aliphatic heterocycles. The van der Waals surface area contributed by atoms with Crippen molar-refractivity contribution in [3.8, 4) is 0 Å². The van der Waals surface area contributed by atoms with E-state index in [1.807, 2.05) is 6.07 Å². The van der Waals surface area contributed by atoms with Crippen molar-refractivity contribution >= 4 is 35.3 Å². The maximum atomic E-state index is 12.2. The van der Waals surface area contributed by atoms with Crippen LogP contribution < -0.4 is 5.32 Å². The third-order valence-corrected chi connectivity index (χ3v) is 3.39. The van der Waals surface area contributed by atoms with Crippen LogP contribution in [0.1, 0.15) is 22.8 Å². The number of ketones is 1. The van der Waals surface area contributed by atoms with E-state index < -0.39 is 18.5 Å². The summed E-state index contributed by atoms with van der Waals surface area (Å²) < 4.78 is 5.02. The summed E-state index contributed by atoms with van der Waals surface area (Å²) in [5, 5.41) is 2.92. The van der Waals surface area contributed by atoms with E-state index in [9.17, 15) is 14.4 Å². The average molecular weight is 358 g/mol. The first-order valence-corrected chi connectivity index (χ1v) is 7.84. The van der Waals surface area contributed by atoms with Gasteiger partial charge in [0.1, 0.15) is 5.70 Å². The molecule has 25 heavy (non-hydrogen) atoms. The van der Waals surface area contributed by atoms with Gasteiger partial charge in [-0.25, -0.2) is 4.79 Å². The van der Waals surface area contributed by atoms with Crippen LogP contribution in [0.4, 0.5) is 0 Å². The number of amides is 1. The maximum absolute atomic E-state index is 12.2. The van der Waals surface area contributed by atoms with Crippen LogP contribution in [0.3, 0.4) is 0 Å². The van der Waals surface area contributed by atoms with Crippen molar-refractivity contribution < 1.29 is 19.1 Å². The summed E-state index contributed by atoms with van der Waals surface area (Å²) in [5.74, 6) is -1.57. The molecule has 0 saturated carbocycles. The Hall–Kier alpha value is -2.92. The molecule has 0 saturated heterocycles. The van der Waals surface area contributed by atoms with Gasteiger partial charge >= 0.3 is 5.97 Å². The van der Waals surface area contributed by atoms with Gasteiger partial charge in [-0.05, 0) is 35.9 Å². The lowest BCUT2D eigenvalue weighted by Crippen LogP contribution is -2.27. The lowest BCUT2D eigenvalue weighted by molar-refractivity contribution is -0.139. The summed E-state index contributed by atoms with van der Waals surface area (Å²) in [4.78, 5) is 35.5. The van der Waals surface area contributed by atoms with E-state index in [2.05, 4.69) is 5.32 Å². The molecule has 0 aromatic heterocycles. The van der Waals surface area contributed by atoms with Crippen LogP contribution in [0.2, 0.25) is 5.02 Å². The third kappa shape index (κ3) is 5.90. The van der Waals surface area contributed by atoms with Crippen LogP contribution in [0.15, 0.2) is 60.3 Å². The van der Waals surface area contributed by atoms with E-state index in [-0.39, 0.29) is 11.5 Å². The lowest BCUT2D eigenvalue weighted by Gasteiger charge is -2.09. The van der Waals surface area contributed by atoms with Crippen molar-refractivity contribution in [1.29, 1.82) is 0 Å². The molecule has 128 valence electrons. The molecule has 2 rings (SSSR count). The molecule has 0 aliphatic rings. The zero-order valence-electron chi connectivity index (χ0n) is 13.5. The molecule has 0 aliphatic carbocycles. The molecule has 0 unspecified atom stereocenters. The lowest BCUT2D eigenvalue weighted by atomic mass is 10.1. The van der Waals surface area contributed by atoms with Crippen molar-refractivity contribution in [3.05, 3.63) is 76.4 Å². The highest BCUT2D eigenvalue weighted by atomic mass is 35.5. The van der Waals surface area contributed by atoms with Crippen LogP contribution in [0, 0.1) is 0 Å². The minimum atomic E-state index is -0.790. The van der Waals surface area contributed by atoms with Crippen LogP contribution in [-0.2, 0) is 14.3 Å². The molecule has 2 aromatic carbocycles. The second-order valence-corrected chi connectivity index (χ2v) is 5.59. The molecule has 0 spiro atoms. The Kier molecular flexibility index (Phi) is 6.48. The predicted octanol–water partition coefficient (Wildman–Crippen LogP) is 3.24. The number of ether oxygens (including phenoxy) is 1. The Bertz CT molecular complexity index is 798. The van der Waals surface area contributed by atoms with E-state index in [0.29, 0.717) is 16.1 Å². The molecule has 0 fully saturated rings. The predicted molar refractivity (Wildman–Crippen MR) is 95.0 cm³/mol. The third-order valence-electron chi connectivity index (χ3n) is 3.14. The first kappa shape index (κ1) is 18.4. The minimum absolute atomic E-state index is 0.0393. The quantitative estimate of drug-likeness (QED) is 0.489. The fourth-order valence-electron chi connectivity index (χ4n) is 1.98. The summed E-state index contributed by atoms with van der Waals surface area (Å²) in [6.07, 6.45) is 1.48. The van der Waals surface area contributed by atoms with Gasteiger partial charge in [-0.2, -0.15) is 0 Å². The van der Waals surface area contributed by atoms with Gasteiger partial charge in [0, 0.05) is 17.5 Å². The molecule has 0 bridgehead atoms. The number of halogens is 1. The molecular formula is C19H16ClNO4. The Morgan fingerprint density at radius 2 is 1.68 bits per heavy atom. The van der Waals surface area contributed by atoms with Crippen molar-refractivity contribution in [2.24, 2.45) is 0 Å². The summed E-state index contributed by atoms with van der Waals surface area (Å²) in [7, 11) is 0. The Morgan fingerprint density at radius 3 is 2.28 bits per heavy atom. The highest BCUT2D eigenvalue weighted by Crippen LogP contribution is 2.11. The highest BCUT2D eigenvalue weighted by Gasteiger charge is 2.15. The number of hydrogen-bond acceptors (Lipinski definition) is 4. The van der Waals surface area contributed by atoms with E-state index >= 15 is 0 Å². The Labute approximate surface area is 150 Å². The summed E-state index contributed by atoms with van der Waals surface area (Å²) in [6, 6.07) is 15.2. The van der Waals surface area contributed by atoms with Gasteiger partial charge in [0.05, 0.1) is 0 Å². The zero-order valence-corrected chi connectivity index (χ0v) is 14.2. The topological polar surface area (TPSA) is 72.5 Å². The molecular weight excluding hydrogens is 342 g/mol. The van der Waals surface area contributed by atoms with E-state index in [4.69, 9.17) is 16.3 Å². The second-order valence-electron chi connectivity index (χ2n) is 5.16. The van der Waals surface area contributed by atoms with Gasteiger partial charge in [0.2, 0.25) is 5.91 Å². The highest BCUT2D eigenvalue weighted by molar-refractivity contribution is 6.30. The Balaban J connectivity index is 2.06. The number of hydrogen-bond donors (Lipinski definition) is 1. The molecule has 6 heteroatoms. The fourth-order valence-corrected chi connectivity index (χ4v) is 2.11. The molecule has 2 aromatic rings. The first-order valence-electron chi connectivity index (χ1n) is 7.46. The summed E-state index contributed by atoms with van der Waals surface area (Å²) in [6.45, 7) is 0.844. The SMILES string of the molecule is CC(=O)N/C(=C/c1ccccc1)C(=O)OCC(=O)c1ccc(Cl)cc1. The average Bonchev–Trinajstić information content (AvgIpc) is 2.60. The van der Waals surface area contributed by atoms with Crippen LogP contribution in [0.25, 0.3) is 6.08 Å². The van der Waals surface area contributed by atoms with E-state index in [1.165, 1.54) is 13.0 Å². The number of esters is 1. The number of rotatable bonds is 6. The van der Waals surface area contributed by atoms with Crippen LogP contribution in [0.5, 0.6) is 0 Å². The largest absolute Gasteiger partial charge is 0.453 e. The van der Waals surface area contributed by atoms with Gasteiger partial charge in [0.25, 0.3) is 0 Å². The first-order chi connectivity index (χ1) is 12.0. The second kappa shape index (κ2) is 8.80. The standard InChI is InChI=1S/C19H16ClNO4/c1-13(22)21-17(11-14-5-3-2-4-6-14)19(24)25-12-18(23)15-7-9-16(20)10-8-15/h2-11H,12H2,1H3,(H,21,22)/b17-11+. The minimum Gasteiger partial charge on any atom is -0.453 e.